The Morgan fingerprint density at radius 1 is 0.931 bits per heavy atom. The quantitative estimate of drug-likeness (QED) is 0.658. The molecule has 4 rings (SSSR count). The Kier molecular flexibility index (Phi) is 4.95. The summed E-state index contributed by atoms with van der Waals surface area (Å²) < 4.78 is 1.67. The summed E-state index contributed by atoms with van der Waals surface area (Å²) in [6.45, 7) is 2.26. The van der Waals surface area contributed by atoms with Crippen LogP contribution in [-0.4, -0.2) is 38.9 Å². The number of imide groups is 1. The lowest BCUT2D eigenvalue weighted by Gasteiger charge is -2.14. The van der Waals surface area contributed by atoms with Crippen LogP contribution in [0.2, 0.25) is 0 Å². The van der Waals surface area contributed by atoms with Gasteiger partial charge in [0.25, 0.3) is 11.8 Å². The van der Waals surface area contributed by atoms with Gasteiger partial charge in [0.05, 0.1) is 23.9 Å². The van der Waals surface area contributed by atoms with E-state index in [-0.39, 0.29) is 6.54 Å². The van der Waals surface area contributed by atoms with Crippen LogP contribution in [-0.2, 0) is 17.8 Å². The molecule has 1 aromatic heterocycles. The molecule has 0 atom stereocenters. The van der Waals surface area contributed by atoms with Crippen LogP contribution < -0.4 is 5.32 Å². The van der Waals surface area contributed by atoms with E-state index >= 15 is 0 Å². The Morgan fingerprint density at radius 3 is 2.17 bits per heavy atom. The highest BCUT2D eigenvalue weighted by Gasteiger charge is 2.36. The molecule has 0 aliphatic carbocycles. The fourth-order valence-corrected chi connectivity index (χ4v) is 3.33. The number of anilines is 1. The van der Waals surface area contributed by atoms with E-state index in [4.69, 9.17) is 0 Å². The van der Waals surface area contributed by atoms with Gasteiger partial charge in [-0.15, -0.1) is 0 Å². The molecule has 2 heterocycles. The van der Waals surface area contributed by atoms with E-state index in [0.717, 1.165) is 16.9 Å². The molecule has 1 N–H and O–H groups in total. The zero-order valence-corrected chi connectivity index (χ0v) is 16.0. The molecule has 7 heteroatoms. The summed E-state index contributed by atoms with van der Waals surface area (Å²) in [7, 11) is 0. The van der Waals surface area contributed by atoms with Gasteiger partial charge in [-0.3, -0.25) is 19.3 Å². The summed E-state index contributed by atoms with van der Waals surface area (Å²) in [4.78, 5) is 38.3. The lowest BCUT2D eigenvalue weighted by molar-refractivity contribution is -0.116. The summed E-state index contributed by atoms with van der Waals surface area (Å²) in [5.74, 6) is -0.857. The highest BCUT2D eigenvalue weighted by atomic mass is 16.2. The minimum atomic E-state index is -0.456. The van der Waals surface area contributed by atoms with Crippen LogP contribution in [0.5, 0.6) is 0 Å². The van der Waals surface area contributed by atoms with Crippen LogP contribution in [0.1, 0.15) is 38.8 Å². The van der Waals surface area contributed by atoms with E-state index in [1.807, 2.05) is 12.1 Å². The Hall–Kier alpha value is -3.74. The van der Waals surface area contributed by atoms with Crippen molar-refractivity contribution in [2.24, 2.45) is 0 Å². The van der Waals surface area contributed by atoms with Crippen molar-refractivity contribution in [2.75, 3.05) is 11.9 Å². The minimum Gasteiger partial charge on any atom is -0.309 e. The molecular weight excluding hydrogens is 368 g/mol. The van der Waals surface area contributed by atoms with Crippen molar-refractivity contribution < 1.29 is 14.4 Å². The van der Waals surface area contributed by atoms with Crippen molar-refractivity contribution in [2.45, 2.75) is 19.9 Å². The highest BCUT2D eigenvalue weighted by molar-refractivity contribution is 6.22. The monoisotopic (exact) mass is 388 g/mol. The highest BCUT2D eigenvalue weighted by Crippen LogP contribution is 2.22. The summed E-state index contributed by atoms with van der Waals surface area (Å²) in [5, 5.41) is 7.00. The number of carbonyl (C=O) groups excluding carboxylic acids is 3. The van der Waals surface area contributed by atoms with Crippen LogP contribution in [0.3, 0.4) is 0 Å². The third-order valence-corrected chi connectivity index (χ3v) is 4.93. The average molecular weight is 388 g/mol. The van der Waals surface area contributed by atoms with Crippen LogP contribution in [0.15, 0.2) is 60.8 Å². The number of hydrogen-bond donors (Lipinski definition) is 1. The first-order valence-electron chi connectivity index (χ1n) is 9.41. The van der Waals surface area contributed by atoms with Gasteiger partial charge in [0.1, 0.15) is 12.4 Å². The Bertz CT molecular complexity index is 1050. The first-order valence-corrected chi connectivity index (χ1v) is 9.41. The average Bonchev–Trinajstić information content (AvgIpc) is 3.26. The lowest BCUT2D eigenvalue weighted by atomic mass is 10.1. The minimum absolute atomic E-state index is 0.325. The number of aromatic nitrogens is 2. The number of nitrogens with one attached hydrogen (secondary N) is 1. The van der Waals surface area contributed by atoms with Gasteiger partial charge < -0.3 is 5.32 Å². The summed E-state index contributed by atoms with van der Waals surface area (Å²) in [6, 6.07) is 16.5. The molecule has 3 amide bonds. The Labute approximate surface area is 167 Å². The Balaban J connectivity index is 1.43. The van der Waals surface area contributed by atoms with Crippen LogP contribution in [0, 0.1) is 0 Å². The number of benzene rings is 2. The Morgan fingerprint density at radius 2 is 1.55 bits per heavy atom. The zero-order valence-electron chi connectivity index (χ0n) is 16.0. The fraction of sp³-hybridized carbons (Fsp3) is 0.182. The maximum Gasteiger partial charge on any atom is 0.262 e. The second-order valence-corrected chi connectivity index (χ2v) is 6.83. The number of aryl methyl sites for hydroxylation is 1. The normalized spacial score (nSPS) is 12.9. The van der Waals surface area contributed by atoms with E-state index in [1.54, 1.807) is 41.2 Å². The molecule has 0 saturated carbocycles. The van der Waals surface area contributed by atoms with Crippen molar-refractivity contribution in [1.29, 1.82) is 0 Å². The van der Waals surface area contributed by atoms with Gasteiger partial charge in [0.2, 0.25) is 5.91 Å². The predicted octanol–water partition coefficient (Wildman–Crippen LogP) is 2.73. The molecule has 29 heavy (non-hydrogen) atoms. The topological polar surface area (TPSA) is 84.3 Å². The molecule has 0 fully saturated rings. The van der Waals surface area contributed by atoms with Gasteiger partial charge >= 0.3 is 0 Å². The molecule has 0 radical (unpaired) electrons. The fourth-order valence-electron chi connectivity index (χ4n) is 3.33. The molecule has 0 bridgehead atoms. The number of amides is 3. The van der Waals surface area contributed by atoms with E-state index < -0.39 is 17.7 Å². The predicted molar refractivity (Wildman–Crippen MR) is 108 cm³/mol. The van der Waals surface area contributed by atoms with Crippen molar-refractivity contribution in [3.63, 3.8) is 0 Å². The maximum atomic E-state index is 12.5. The van der Waals surface area contributed by atoms with Gasteiger partial charge in [0, 0.05) is 6.07 Å². The summed E-state index contributed by atoms with van der Waals surface area (Å²) >= 11 is 0. The SMILES string of the molecule is CCc1ccc(Cn2nccc2NC(=O)CN2C(=O)c3ccccc3C2=O)cc1. The van der Waals surface area contributed by atoms with E-state index in [9.17, 15) is 14.4 Å². The van der Waals surface area contributed by atoms with E-state index in [0.29, 0.717) is 23.5 Å². The van der Waals surface area contributed by atoms with Gasteiger partial charge in [-0.05, 0) is 29.7 Å². The molecule has 1 aliphatic heterocycles. The molecule has 0 unspecified atom stereocenters. The number of nitrogens with zero attached hydrogens (tertiary/aromatic N) is 3. The van der Waals surface area contributed by atoms with Crippen molar-refractivity contribution in [1.82, 2.24) is 14.7 Å². The molecule has 7 nitrogen and oxygen atoms in total. The van der Waals surface area contributed by atoms with Gasteiger partial charge in [-0.25, -0.2) is 4.68 Å². The van der Waals surface area contributed by atoms with E-state index in [1.165, 1.54) is 5.56 Å². The van der Waals surface area contributed by atoms with Gasteiger partial charge in [0.15, 0.2) is 0 Å². The van der Waals surface area contributed by atoms with E-state index in [2.05, 4.69) is 29.5 Å². The third-order valence-electron chi connectivity index (χ3n) is 4.93. The van der Waals surface area contributed by atoms with Crippen LogP contribution in [0.25, 0.3) is 0 Å². The standard InChI is InChI=1S/C22H20N4O3/c1-2-15-7-9-16(10-8-15)13-26-19(11-12-23-26)24-20(27)14-25-21(28)17-5-3-4-6-18(17)22(25)29/h3-12H,2,13-14H2,1H3,(H,24,27). The van der Waals surface area contributed by atoms with Gasteiger partial charge in [-0.1, -0.05) is 43.3 Å². The largest absolute Gasteiger partial charge is 0.309 e. The molecule has 0 saturated heterocycles. The van der Waals surface area contributed by atoms with Crippen molar-refractivity contribution in [3.05, 3.63) is 83.0 Å². The summed E-state index contributed by atoms with van der Waals surface area (Å²) in [5.41, 5.74) is 2.96. The number of fused-ring (bicyclic) bond motifs is 1. The molecule has 146 valence electrons. The zero-order chi connectivity index (χ0) is 20.4. The number of hydrogen-bond acceptors (Lipinski definition) is 4. The van der Waals surface area contributed by atoms with Gasteiger partial charge in [-0.2, -0.15) is 5.10 Å². The van der Waals surface area contributed by atoms with Crippen LogP contribution >= 0.6 is 0 Å². The number of carbonyl (C=O) groups is 3. The molecule has 0 spiro atoms. The lowest BCUT2D eigenvalue weighted by Crippen LogP contribution is -2.37. The smallest absolute Gasteiger partial charge is 0.262 e. The maximum absolute atomic E-state index is 12.5. The third kappa shape index (κ3) is 3.67. The molecule has 1 aliphatic rings. The van der Waals surface area contributed by atoms with Crippen molar-refractivity contribution in [3.8, 4) is 0 Å². The first kappa shape index (κ1) is 18.6. The summed E-state index contributed by atoms with van der Waals surface area (Å²) in [6.07, 6.45) is 2.57. The van der Waals surface area contributed by atoms with Crippen molar-refractivity contribution >= 4 is 23.5 Å². The second-order valence-electron chi connectivity index (χ2n) is 6.83. The molecular formula is C22H20N4O3. The number of rotatable bonds is 6. The second kappa shape index (κ2) is 7.71. The van der Waals surface area contributed by atoms with Crippen LogP contribution in [0.4, 0.5) is 5.82 Å². The first-order chi connectivity index (χ1) is 14.1. The molecule has 3 aromatic rings. The molecule has 2 aromatic carbocycles.